The van der Waals surface area contributed by atoms with Gasteiger partial charge in [-0.15, -0.1) is 0 Å². The first-order valence-corrected chi connectivity index (χ1v) is 47.0. The van der Waals surface area contributed by atoms with Crippen molar-refractivity contribution >= 4 is 94.3 Å². The zero-order chi connectivity index (χ0) is 101. The van der Waals surface area contributed by atoms with E-state index in [1.165, 1.54) is 129 Å². The molecule has 0 aliphatic heterocycles. The van der Waals surface area contributed by atoms with Gasteiger partial charge >= 0.3 is 83.6 Å². The number of carbonyl (C=O) groups is 14. The van der Waals surface area contributed by atoms with Crippen LogP contribution in [0, 0.1) is 0 Å². The molecule has 0 atom stereocenters. The molecule has 4 saturated carbocycles. The predicted octanol–water partition coefficient (Wildman–Crippen LogP) is 21.3. The molecule has 4 aliphatic carbocycles. The van der Waals surface area contributed by atoms with E-state index >= 15 is 0 Å². The van der Waals surface area contributed by atoms with E-state index in [-0.39, 0.29) is 132 Å². The minimum atomic E-state index is -0.429. The van der Waals surface area contributed by atoms with Gasteiger partial charge in [0.15, 0.2) is 0 Å². The van der Waals surface area contributed by atoms with E-state index in [4.69, 9.17) is 52.1 Å². The summed E-state index contributed by atoms with van der Waals surface area (Å²) in [6, 6.07) is 86.5. The van der Waals surface area contributed by atoms with Crippen LogP contribution in [0.3, 0.4) is 0 Å². The zero-order valence-electron chi connectivity index (χ0n) is 80.7. The molecule has 0 saturated heterocycles. The molecule has 0 N–H and O–H groups in total. The van der Waals surface area contributed by atoms with Crippen molar-refractivity contribution in [1.82, 2.24) is 0 Å². The molecule has 4 aliphatic rings. The largest absolute Gasteiger partial charge is 0.463 e. The summed E-state index contributed by atoms with van der Waals surface area (Å²) >= 11 is 0. The van der Waals surface area contributed by atoms with Crippen molar-refractivity contribution in [2.45, 2.75) is 194 Å². The van der Waals surface area contributed by atoms with Gasteiger partial charge in [0.2, 0.25) is 0 Å². The second-order valence-corrected chi connectivity index (χ2v) is 31.5. The zero-order valence-corrected chi connectivity index (χ0v) is 80.7. The minimum Gasteiger partial charge on any atom is -0.463 e. The molecule has 0 spiro atoms. The third-order valence-corrected chi connectivity index (χ3v) is 20.2. The topological polar surface area (TPSA) is 368 Å². The van der Waals surface area contributed by atoms with Crippen LogP contribution in [-0.4, -0.2) is 174 Å². The third kappa shape index (κ3) is 55.3. The third-order valence-electron chi connectivity index (χ3n) is 20.2. The standard InChI is InChI=1S/2C16H14O4.C13H16O2.3C11H12O4.C10H8.3C8H14O2/c2*17-15(13-7-3-1-4-8-13)19-11-12-20-16(18)14-9-5-2-6-10-14;14-13(11-7-3-1-4-8-11)15-12-9-5-2-6-10-12;3*1-9(12)14-7-8-15-11(13)10-5-3-2-4-6-10;1-2-6-10-8-4-3-7-9(10)5-1;3*1-7(9)10-8-5-3-2-4-6-8/h2*1-10H,11-12H2;1,3-4,7-8,12H,2,5-6,9-10H2;3*2-6H,7-8H2,1H3;1-8H;3*8H,2-6H2,1H3. The van der Waals surface area contributed by atoms with Crippen LogP contribution in [0.2, 0.25) is 0 Å². The number of fused-ring (bicyclic) bond motifs is 1. The predicted molar refractivity (Wildman–Crippen MR) is 526 cm³/mol. The van der Waals surface area contributed by atoms with Crippen LogP contribution in [-0.2, 0) is 95.1 Å². The number of hydrogen-bond donors (Lipinski definition) is 0. The van der Waals surface area contributed by atoms with Crippen LogP contribution in [0.1, 0.15) is 253 Å². The summed E-state index contributed by atoms with van der Waals surface area (Å²) < 4.78 is 69.0. The van der Waals surface area contributed by atoms with Crippen molar-refractivity contribution < 1.29 is 133 Å². The molecule has 28 nitrogen and oxygen atoms in total. The van der Waals surface area contributed by atoms with Crippen LogP contribution in [0.5, 0.6) is 0 Å². The highest BCUT2D eigenvalue weighted by molar-refractivity contribution is 5.93. The Morgan fingerprint density at radius 1 is 0.164 bits per heavy atom. The van der Waals surface area contributed by atoms with Gasteiger partial charge < -0.3 is 66.3 Å². The van der Waals surface area contributed by atoms with E-state index in [2.05, 4.69) is 62.7 Å². The molecule has 140 heavy (non-hydrogen) atoms. The van der Waals surface area contributed by atoms with E-state index in [1.54, 1.807) is 182 Å². The first-order chi connectivity index (χ1) is 67.8. The van der Waals surface area contributed by atoms with Crippen molar-refractivity contribution in [3.8, 4) is 0 Å². The molecule has 0 bridgehead atoms. The van der Waals surface area contributed by atoms with Crippen molar-refractivity contribution in [2.24, 2.45) is 0 Å². The minimum absolute atomic E-state index is 0.0340. The van der Waals surface area contributed by atoms with Gasteiger partial charge in [-0.3, -0.25) is 28.8 Å². The Hall–Kier alpha value is -15.0. The second kappa shape index (κ2) is 72.4. The van der Waals surface area contributed by atoms with E-state index in [0.717, 1.165) is 51.4 Å². The number of rotatable bonds is 27. The van der Waals surface area contributed by atoms with Gasteiger partial charge in [0, 0.05) is 41.5 Å². The maximum Gasteiger partial charge on any atom is 0.338 e. The van der Waals surface area contributed by atoms with Gasteiger partial charge in [-0.1, -0.05) is 220 Å². The normalized spacial score (nSPS) is 12.8. The highest BCUT2D eigenvalue weighted by Gasteiger charge is 2.21. The van der Waals surface area contributed by atoms with Gasteiger partial charge in [0.25, 0.3) is 0 Å². The van der Waals surface area contributed by atoms with Crippen molar-refractivity contribution in [3.63, 3.8) is 0 Å². The Bertz CT molecular complexity index is 4680. The summed E-state index contributed by atoms with van der Waals surface area (Å²) in [5, 5.41) is 2.62. The van der Waals surface area contributed by atoms with Crippen molar-refractivity contribution in [1.29, 1.82) is 0 Å². The van der Waals surface area contributed by atoms with E-state index in [1.807, 2.05) is 60.7 Å². The van der Waals surface area contributed by atoms with E-state index in [9.17, 15) is 67.1 Å². The van der Waals surface area contributed by atoms with Gasteiger partial charge in [-0.2, -0.15) is 0 Å². The lowest BCUT2D eigenvalue weighted by Crippen LogP contribution is -2.20. The van der Waals surface area contributed by atoms with E-state index < -0.39 is 41.8 Å². The lowest BCUT2D eigenvalue weighted by atomic mass is 9.98. The number of carbonyl (C=O) groups excluding carboxylic acids is 14. The lowest BCUT2D eigenvalue weighted by Gasteiger charge is -2.21. The quantitative estimate of drug-likeness (QED) is 0.0262. The average Bonchev–Trinajstić information content (AvgIpc) is 0.881. The fraction of sp³-hybridized carbons (Fsp3) is 0.357. The summed E-state index contributed by atoms with van der Waals surface area (Å²) in [6.07, 6.45) is 24.2. The monoisotopic (exact) mass is 1920 g/mol. The summed E-state index contributed by atoms with van der Waals surface area (Å²) in [5.41, 5.74) is 4.01. The highest BCUT2D eigenvalue weighted by atomic mass is 16.6. The van der Waals surface area contributed by atoms with Crippen LogP contribution < -0.4 is 0 Å². The molecule has 10 aromatic carbocycles. The van der Waals surface area contributed by atoms with Gasteiger partial charge in [-0.05, 0) is 211 Å². The molecule has 14 rings (SSSR count). The molecule has 0 unspecified atom stereocenters. The molecule has 746 valence electrons. The Kier molecular flexibility index (Phi) is 59.8. The average molecular weight is 1920 g/mol. The molecular weight excluding hydrogens is 1790 g/mol. The van der Waals surface area contributed by atoms with Crippen molar-refractivity contribution in [3.05, 3.63) is 336 Å². The Labute approximate surface area is 819 Å². The number of ether oxygens (including phenoxy) is 14. The molecule has 0 heterocycles. The Balaban J connectivity index is 0.000000277. The Morgan fingerprint density at radius 2 is 0.300 bits per heavy atom. The maximum absolute atomic E-state index is 11.7. The summed E-state index contributed by atoms with van der Waals surface area (Å²) in [5.74, 6) is -4.69. The smallest absolute Gasteiger partial charge is 0.338 e. The number of esters is 14. The van der Waals surface area contributed by atoms with Gasteiger partial charge in [0.1, 0.15) is 90.5 Å². The molecule has 4 fully saturated rings. The number of benzene rings is 10. The van der Waals surface area contributed by atoms with Crippen LogP contribution in [0.25, 0.3) is 10.8 Å². The van der Waals surface area contributed by atoms with Crippen LogP contribution >= 0.6 is 0 Å². The summed E-state index contributed by atoms with van der Waals surface area (Å²) in [4.78, 5) is 155. The molecular formula is C112H130O28. The van der Waals surface area contributed by atoms with Crippen LogP contribution in [0.15, 0.2) is 291 Å². The van der Waals surface area contributed by atoms with Crippen molar-refractivity contribution in [2.75, 3.05) is 66.1 Å². The van der Waals surface area contributed by atoms with Gasteiger partial charge in [-0.25, -0.2) is 38.4 Å². The van der Waals surface area contributed by atoms with E-state index in [0.29, 0.717) is 44.5 Å². The summed E-state index contributed by atoms with van der Waals surface area (Å²) in [6.45, 7) is 9.00. The Morgan fingerprint density at radius 3 is 0.450 bits per heavy atom. The molecule has 0 amide bonds. The fourth-order valence-corrected chi connectivity index (χ4v) is 13.5. The maximum atomic E-state index is 11.7. The first kappa shape index (κ1) is 116. The number of hydrogen-bond acceptors (Lipinski definition) is 28. The SMILES string of the molecule is CC(=O)OC1CCCCC1.CC(=O)OC1CCCCC1.CC(=O)OC1CCCCC1.CC(=O)OCCOC(=O)c1ccccc1.CC(=O)OCCOC(=O)c1ccccc1.CC(=O)OCCOC(=O)c1ccccc1.O=C(OC1CCCCC1)c1ccccc1.O=C(OCCOC(=O)c1ccccc1)c1ccccc1.O=C(OCCOC(=O)c1ccccc1)c1ccccc1.c1ccc2ccccc2c1. The molecule has 10 aromatic rings. The molecule has 28 heteroatoms. The molecule has 0 aromatic heterocycles. The fourth-order valence-electron chi connectivity index (χ4n) is 13.5. The lowest BCUT2D eigenvalue weighted by molar-refractivity contribution is -0.148. The molecule has 0 radical (unpaired) electrons. The summed E-state index contributed by atoms with van der Waals surface area (Å²) in [7, 11) is 0. The first-order valence-electron chi connectivity index (χ1n) is 47.0. The van der Waals surface area contributed by atoms with Crippen LogP contribution in [0.4, 0.5) is 0 Å². The highest BCUT2D eigenvalue weighted by Crippen LogP contribution is 2.25. The second-order valence-electron chi connectivity index (χ2n) is 31.5. The van der Waals surface area contributed by atoms with Gasteiger partial charge in [0.05, 0.1) is 44.5 Å².